The number of carbonyl (C=O) groups excluding carboxylic acids is 3. The molecule has 0 saturated heterocycles. The quantitative estimate of drug-likeness (QED) is 0.130. The van der Waals surface area contributed by atoms with Gasteiger partial charge in [-0.15, -0.1) is 0 Å². The molecule has 5 aliphatic rings. The van der Waals surface area contributed by atoms with Gasteiger partial charge in [-0.25, -0.2) is 19.4 Å². The van der Waals surface area contributed by atoms with Crippen molar-refractivity contribution in [1.29, 1.82) is 0 Å². The highest BCUT2D eigenvalue weighted by atomic mass is 16.6. The van der Waals surface area contributed by atoms with E-state index in [1.165, 1.54) is 13.2 Å². The predicted molar refractivity (Wildman–Crippen MR) is 234 cm³/mol. The first kappa shape index (κ1) is 45.3. The van der Waals surface area contributed by atoms with Crippen LogP contribution in [0.1, 0.15) is 132 Å². The fourth-order valence-corrected chi connectivity index (χ4v) is 12.0. The number of methoxy groups -OCH3 is 2. The molecule has 1 aromatic carbocycles. The van der Waals surface area contributed by atoms with Crippen LogP contribution in [0.2, 0.25) is 0 Å². The van der Waals surface area contributed by atoms with E-state index in [9.17, 15) is 19.5 Å². The van der Waals surface area contributed by atoms with Crippen molar-refractivity contribution >= 4 is 23.8 Å². The van der Waals surface area contributed by atoms with Gasteiger partial charge < -0.3 is 38.6 Å². The zero-order valence-electron chi connectivity index (χ0n) is 38.7. The molecule has 62 heavy (non-hydrogen) atoms. The lowest BCUT2D eigenvalue weighted by atomic mass is 9.39. The number of nitrogens with zero attached hydrogens (tertiary/aromatic N) is 5. The van der Waals surface area contributed by atoms with Crippen molar-refractivity contribution in [2.45, 2.75) is 137 Å². The molecule has 3 heterocycles. The van der Waals surface area contributed by atoms with Gasteiger partial charge in [-0.3, -0.25) is 4.68 Å². The Bertz CT molecular complexity index is 2180. The maximum atomic E-state index is 14.0. The highest BCUT2D eigenvalue weighted by Crippen LogP contribution is 2.72. The van der Waals surface area contributed by atoms with Crippen molar-refractivity contribution in [3.63, 3.8) is 0 Å². The van der Waals surface area contributed by atoms with Gasteiger partial charge in [0.25, 0.3) is 0 Å². The Morgan fingerprint density at radius 1 is 0.823 bits per heavy atom. The van der Waals surface area contributed by atoms with Crippen molar-refractivity contribution in [3.05, 3.63) is 58.5 Å². The number of rotatable bonds is 13. The van der Waals surface area contributed by atoms with E-state index in [-0.39, 0.29) is 39.4 Å². The number of amides is 1. The van der Waals surface area contributed by atoms with Gasteiger partial charge in [0, 0.05) is 62.2 Å². The molecule has 3 aromatic rings. The van der Waals surface area contributed by atoms with Crippen LogP contribution in [0.3, 0.4) is 0 Å². The summed E-state index contributed by atoms with van der Waals surface area (Å²) in [4.78, 5) is 48.6. The molecule has 2 unspecified atom stereocenters. The van der Waals surface area contributed by atoms with Crippen LogP contribution in [0.5, 0.6) is 5.75 Å². The number of fused-ring (bicyclic) bond motifs is 1. The van der Waals surface area contributed by atoms with E-state index in [2.05, 4.69) is 25.5 Å². The second kappa shape index (κ2) is 16.5. The number of esters is 2. The third kappa shape index (κ3) is 9.46. The maximum absolute atomic E-state index is 14.0. The summed E-state index contributed by atoms with van der Waals surface area (Å²) in [6.07, 6.45) is 8.11. The van der Waals surface area contributed by atoms with Gasteiger partial charge in [0.05, 0.1) is 37.7 Å². The monoisotopic (exact) mass is 857 g/mol. The highest BCUT2D eigenvalue weighted by Gasteiger charge is 2.66. The molecule has 4 saturated carbocycles. The van der Waals surface area contributed by atoms with E-state index in [1.54, 1.807) is 18.1 Å². The van der Waals surface area contributed by atoms with Gasteiger partial charge in [-0.1, -0.05) is 13.8 Å². The Morgan fingerprint density at radius 3 is 2.15 bits per heavy atom. The molecule has 1 N–H and O–H groups in total. The standard InChI is InChI=1S/C48H67N5O9/c1-31-35(33-13-15-38(50-39(33)41(56)61-43(2,3)4)52-17-16-32-36(23-52)34(40(55)59-11)12-14-37(32)54)22-49-53(31)30-47-25-45(8)24-46(9,26-47)28-48(27-45,29-47)60-21-19-51(18-20-58-10)42(57)62-44(5,6)7/h12-15,22,54H,16-21,23-30H2,1-11H3. The molecule has 14 nitrogen and oxygen atoms in total. The number of hydrogen-bond donors (Lipinski definition) is 1. The van der Waals surface area contributed by atoms with Gasteiger partial charge in [-0.2, -0.15) is 5.10 Å². The summed E-state index contributed by atoms with van der Waals surface area (Å²) < 4.78 is 31.1. The number of aromatic nitrogens is 3. The molecule has 4 bridgehead atoms. The lowest BCUT2D eigenvalue weighted by molar-refractivity contribution is -0.248. The molecule has 4 fully saturated rings. The van der Waals surface area contributed by atoms with Crippen LogP contribution >= 0.6 is 0 Å². The number of anilines is 1. The van der Waals surface area contributed by atoms with E-state index in [0.29, 0.717) is 80.4 Å². The van der Waals surface area contributed by atoms with E-state index < -0.39 is 23.1 Å². The minimum Gasteiger partial charge on any atom is -0.508 e. The van der Waals surface area contributed by atoms with Crippen molar-refractivity contribution in [1.82, 2.24) is 19.7 Å². The number of carbonyl (C=O) groups is 3. The Labute approximate surface area is 366 Å². The molecule has 0 radical (unpaired) electrons. The van der Waals surface area contributed by atoms with Gasteiger partial charge in [0.15, 0.2) is 5.69 Å². The molecule has 2 aromatic heterocycles. The number of phenolic OH excluding ortho intramolecular Hbond substituents is 1. The predicted octanol–water partition coefficient (Wildman–Crippen LogP) is 8.28. The number of pyridine rings is 1. The van der Waals surface area contributed by atoms with Crippen LogP contribution < -0.4 is 4.90 Å². The fourth-order valence-electron chi connectivity index (χ4n) is 12.0. The van der Waals surface area contributed by atoms with E-state index in [1.807, 2.05) is 64.8 Å². The lowest BCUT2D eigenvalue weighted by Crippen LogP contribution is -2.64. The first-order valence-corrected chi connectivity index (χ1v) is 22.0. The molecule has 0 spiro atoms. The second-order valence-electron chi connectivity index (χ2n) is 21.3. The summed E-state index contributed by atoms with van der Waals surface area (Å²) in [5.41, 5.74) is 2.77. The third-order valence-electron chi connectivity index (χ3n) is 13.1. The number of aromatic hydroxyl groups is 1. The summed E-state index contributed by atoms with van der Waals surface area (Å²) in [6, 6.07) is 6.92. The maximum Gasteiger partial charge on any atom is 0.410 e. The zero-order valence-corrected chi connectivity index (χ0v) is 38.7. The fraction of sp³-hybridized carbons (Fsp3) is 0.646. The van der Waals surface area contributed by atoms with E-state index >= 15 is 0 Å². The molecule has 1 amide bonds. The van der Waals surface area contributed by atoms with Crippen molar-refractivity contribution in [2.75, 3.05) is 52.0 Å². The first-order chi connectivity index (χ1) is 29.0. The largest absolute Gasteiger partial charge is 0.508 e. The summed E-state index contributed by atoms with van der Waals surface area (Å²) in [7, 11) is 2.97. The molecular formula is C48H67N5O9. The van der Waals surface area contributed by atoms with E-state index in [0.717, 1.165) is 49.8 Å². The number of phenols is 1. The van der Waals surface area contributed by atoms with E-state index in [4.69, 9.17) is 33.8 Å². The molecule has 8 rings (SSSR count). The SMILES string of the molecule is COCCN(CCOC12CC3(C)CC(C)(CC(Cn4ncc(-c5ccc(N6CCc7c(O)ccc(C(=O)OC)c7C6)nc5C(=O)OC(C)(C)C)c4C)(C3)C1)C2)C(=O)OC(C)(C)C. The van der Waals surface area contributed by atoms with Crippen LogP contribution in [0, 0.1) is 23.2 Å². The topological polar surface area (TPSA) is 155 Å². The van der Waals surface area contributed by atoms with Crippen LogP contribution in [0.25, 0.3) is 11.1 Å². The number of hydrogen-bond acceptors (Lipinski definition) is 12. The van der Waals surface area contributed by atoms with Gasteiger partial charge in [0.2, 0.25) is 0 Å². The van der Waals surface area contributed by atoms with Crippen molar-refractivity contribution in [2.24, 2.45) is 16.2 Å². The van der Waals surface area contributed by atoms with Crippen LogP contribution in [0.4, 0.5) is 10.6 Å². The van der Waals surface area contributed by atoms with Crippen molar-refractivity contribution in [3.8, 4) is 16.9 Å². The highest BCUT2D eigenvalue weighted by molar-refractivity contribution is 5.96. The van der Waals surface area contributed by atoms with Crippen LogP contribution in [0.15, 0.2) is 30.5 Å². The molecule has 14 heteroatoms. The smallest absolute Gasteiger partial charge is 0.410 e. The molecule has 338 valence electrons. The average molecular weight is 858 g/mol. The number of benzene rings is 1. The lowest BCUT2D eigenvalue weighted by Gasteiger charge is -2.69. The van der Waals surface area contributed by atoms with Gasteiger partial charge in [0.1, 0.15) is 22.8 Å². The number of ether oxygens (including phenoxy) is 5. The average Bonchev–Trinajstić information content (AvgIpc) is 3.50. The molecule has 4 aliphatic carbocycles. The van der Waals surface area contributed by atoms with Gasteiger partial charge >= 0.3 is 18.0 Å². The second-order valence-corrected chi connectivity index (χ2v) is 21.3. The Hall–Kier alpha value is -4.69. The zero-order chi connectivity index (χ0) is 45.0. The van der Waals surface area contributed by atoms with Gasteiger partial charge in [-0.05, 0) is 139 Å². The normalized spacial score (nSPS) is 25.4. The molecule has 2 atom stereocenters. The summed E-state index contributed by atoms with van der Waals surface area (Å²) >= 11 is 0. The molecular weight excluding hydrogens is 791 g/mol. The summed E-state index contributed by atoms with van der Waals surface area (Å²) in [6.45, 7) is 21.2. The summed E-state index contributed by atoms with van der Waals surface area (Å²) in [5, 5.41) is 15.7. The first-order valence-electron chi connectivity index (χ1n) is 22.0. The van der Waals surface area contributed by atoms with Crippen molar-refractivity contribution < 1.29 is 43.2 Å². The summed E-state index contributed by atoms with van der Waals surface area (Å²) in [5.74, 6) is -0.330. The Kier molecular flexibility index (Phi) is 12.0. The Morgan fingerprint density at radius 2 is 1.50 bits per heavy atom. The minimum absolute atomic E-state index is 0.0641. The van der Waals surface area contributed by atoms with Crippen LogP contribution in [-0.2, 0) is 43.2 Å². The third-order valence-corrected chi connectivity index (χ3v) is 13.1. The van der Waals surface area contributed by atoms with Crippen LogP contribution in [-0.4, -0.2) is 107 Å². The Balaban J connectivity index is 1.15. The minimum atomic E-state index is -0.761. The molecule has 1 aliphatic heterocycles.